The summed E-state index contributed by atoms with van der Waals surface area (Å²) in [6, 6.07) is 15.8. The predicted octanol–water partition coefficient (Wildman–Crippen LogP) is 6.27. The lowest BCUT2D eigenvalue weighted by atomic mass is 9.68. The number of nitrogens with zero attached hydrogens (tertiary/aromatic N) is 1. The Morgan fingerprint density at radius 3 is 2.42 bits per heavy atom. The van der Waals surface area contributed by atoms with Crippen LogP contribution in [-0.2, 0) is 4.79 Å². The van der Waals surface area contributed by atoms with Crippen LogP contribution in [0.25, 0.3) is 22.2 Å². The van der Waals surface area contributed by atoms with Crippen molar-refractivity contribution in [2.75, 3.05) is 0 Å². The normalized spacial score (nSPS) is 24.4. The van der Waals surface area contributed by atoms with Crippen LogP contribution in [-0.4, -0.2) is 27.5 Å². The van der Waals surface area contributed by atoms with Crippen molar-refractivity contribution < 1.29 is 14.7 Å². The Morgan fingerprint density at radius 2 is 1.73 bits per heavy atom. The van der Waals surface area contributed by atoms with E-state index in [-0.39, 0.29) is 11.4 Å². The molecule has 2 aromatic carbocycles. The Hall–Kier alpha value is -2.73. The van der Waals surface area contributed by atoms with E-state index in [1.165, 1.54) is 0 Å². The van der Waals surface area contributed by atoms with Gasteiger partial charge in [-0.2, -0.15) is 0 Å². The summed E-state index contributed by atoms with van der Waals surface area (Å²) >= 11 is 3.55. The highest BCUT2D eigenvalue weighted by molar-refractivity contribution is 9.10. The number of pyridine rings is 1. The minimum Gasteiger partial charge on any atom is -0.481 e. The molecule has 6 rings (SSSR count). The van der Waals surface area contributed by atoms with Crippen LogP contribution in [0, 0.1) is 12.3 Å². The molecule has 0 radical (unpaired) electrons. The molecule has 1 heterocycles. The highest BCUT2D eigenvalue weighted by atomic mass is 79.9. The number of aromatic nitrogens is 1. The number of hydrogen-bond donors (Lipinski definition) is 2. The molecule has 0 spiro atoms. The average Bonchev–Trinajstić information content (AvgIpc) is 3.10. The lowest BCUT2D eigenvalue weighted by Gasteiger charge is -2.41. The van der Waals surface area contributed by atoms with Crippen molar-refractivity contribution in [3.8, 4) is 11.3 Å². The summed E-state index contributed by atoms with van der Waals surface area (Å²) in [5, 5.41) is 14.0. The second-order valence-electron chi connectivity index (χ2n) is 9.66. The molecule has 6 heteroatoms. The lowest BCUT2D eigenvalue weighted by molar-refractivity contribution is -0.151. The molecule has 3 aliphatic rings. The van der Waals surface area contributed by atoms with Gasteiger partial charge in [-0.1, -0.05) is 46.3 Å². The fraction of sp³-hybridized carbons (Fsp3) is 0.370. The number of amides is 1. The molecule has 3 fully saturated rings. The summed E-state index contributed by atoms with van der Waals surface area (Å²) in [6.07, 6.45) is 5.01. The van der Waals surface area contributed by atoms with Crippen molar-refractivity contribution in [2.24, 2.45) is 5.41 Å². The van der Waals surface area contributed by atoms with Crippen molar-refractivity contribution in [2.45, 2.75) is 57.4 Å². The number of aliphatic carboxylic acids is 1. The van der Waals surface area contributed by atoms with E-state index < -0.39 is 11.4 Å². The molecule has 5 nitrogen and oxygen atoms in total. The number of carboxylic acid groups (broad SMARTS) is 1. The van der Waals surface area contributed by atoms with Crippen LogP contribution in [0.4, 0.5) is 0 Å². The number of benzene rings is 2. The second kappa shape index (κ2) is 8.24. The third-order valence-electron chi connectivity index (χ3n) is 7.77. The molecule has 0 atom stereocenters. The number of nitrogens with one attached hydrogen (secondary N) is 1. The highest BCUT2D eigenvalue weighted by Crippen LogP contribution is 2.50. The average molecular weight is 507 g/mol. The molecule has 0 saturated heterocycles. The lowest BCUT2D eigenvalue weighted by Crippen LogP contribution is -2.51. The Labute approximate surface area is 201 Å². The van der Waals surface area contributed by atoms with Gasteiger partial charge in [0.25, 0.3) is 5.91 Å². The molecule has 2 bridgehead atoms. The van der Waals surface area contributed by atoms with Gasteiger partial charge in [0.15, 0.2) is 0 Å². The summed E-state index contributed by atoms with van der Waals surface area (Å²) < 4.78 is 0.897. The van der Waals surface area contributed by atoms with E-state index in [0.29, 0.717) is 37.7 Å². The van der Waals surface area contributed by atoms with E-state index in [4.69, 9.17) is 4.98 Å². The van der Waals surface area contributed by atoms with Crippen molar-refractivity contribution in [3.63, 3.8) is 0 Å². The number of carbonyl (C=O) groups excluding carboxylic acids is 1. The number of hydrogen-bond acceptors (Lipinski definition) is 3. The molecule has 33 heavy (non-hydrogen) atoms. The van der Waals surface area contributed by atoms with Gasteiger partial charge in [0.2, 0.25) is 0 Å². The SMILES string of the molecule is Cc1c(-c2ccccc2)nc2ccc(Br)cc2c1C(=O)NC12CCCC(C(=O)O)(CC1)CC2. The minimum atomic E-state index is -0.683. The maximum atomic E-state index is 13.9. The zero-order valence-electron chi connectivity index (χ0n) is 18.7. The summed E-state index contributed by atoms with van der Waals surface area (Å²) in [6.45, 7) is 1.96. The van der Waals surface area contributed by atoms with Crippen LogP contribution in [0.1, 0.15) is 60.9 Å². The molecular formula is C27H27BrN2O3. The van der Waals surface area contributed by atoms with Gasteiger partial charge in [-0.05, 0) is 75.6 Å². The Bertz CT molecular complexity index is 1250. The van der Waals surface area contributed by atoms with Crippen LogP contribution >= 0.6 is 15.9 Å². The Morgan fingerprint density at radius 1 is 1.00 bits per heavy atom. The van der Waals surface area contributed by atoms with Gasteiger partial charge in [-0.15, -0.1) is 0 Å². The standard InChI is InChI=1S/C27H27BrN2O3/c1-17-22(24(31)30-27-11-5-10-26(12-14-27,13-15-27)25(32)33)20-16-19(28)8-9-21(20)29-23(17)18-6-3-2-4-7-18/h2-4,6-9,16H,5,10-15H2,1H3,(H,30,31)(H,32,33). The monoisotopic (exact) mass is 506 g/mol. The molecule has 3 saturated carbocycles. The predicted molar refractivity (Wildman–Crippen MR) is 132 cm³/mol. The summed E-state index contributed by atoms with van der Waals surface area (Å²) in [5.41, 5.74) is 3.11. The van der Waals surface area contributed by atoms with E-state index in [1.807, 2.05) is 55.5 Å². The molecule has 1 amide bonds. The van der Waals surface area contributed by atoms with E-state index in [1.54, 1.807) is 0 Å². The van der Waals surface area contributed by atoms with Gasteiger partial charge in [0.05, 0.1) is 22.2 Å². The van der Waals surface area contributed by atoms with Crippen LogP contribution in [0.2, 0.25) is 0 Å². The van der Waals surface area contributed by atoms with Crippen molar-refractivity contribution in [1.29, 1.82) is 0 Å². The Balaban J connectivity index is 1.57. The fourth-order valence-electron chi connectivity index (χ4n) is 5.78. The van der Waals surface area contributed by atoms with Crippen LogP contribution in [0.15, 0.2) is 53.0 Å². The van der Waals surface area contributed by atoms with E-state index >= 15 is 0 Å². The van der Waals surface area contributed by atoms with Gasteiger partial charge in [-0.3, -0.25) is 9.59 Å². The van der Waals surface area contributed by atoms with Gasteiger partial charge < -0.3 is 10.4 Å². The van der Waals surface area contributed by atoms with E-state index in [9.17, 15) is 14.7 Å². The Kier molecular flexibility index (Phi) is 5.52. The van der Waals surface area contributed by atoms with Gasteiger partial charge in [-0.25, -0.2) is 4.98 Å². The first-order valence-electron chi connectivity index (χ1n) is 11.5. The van der Waals surface area contributed by atoms with Crippen LogP contribution < -0.4 is 5.32 Å². The third kappa shape index (κ3) is 3.84. The summed E-state index contributed by atoms with van der Waals surface area (Å²) in [7, 11) is 0. The number of rotatable bonds is 4. The number of fused-ring (bicyclic) bond motifs is 5. The molecular weight excluding hydrogens is 480 g/mol. The summed E-state index contributed by atoms with van der Waals surface area (Å²) in [4.78, 5) is 30.7. The quantitative estimate of drug-likeness (QED) is 0.436. The van der Waals surface area contributed by atoms with Crippen LogP contribution in [0.3, 0.4) is 0 Å². The first-order valence-corrected chi connectivity index (χ1v) is 12.3. The first-order chi connectivity index (χ1) is 15.8. The molecule has 1 aromatic heterocycles. The zero-order chi connectivity index (χ0) is 23.2. The first kappa shape index (κ1) is 22.1. The third-order valence-corrected chi connectivity index (χ3v) is 8.27. The molecule has 2 N–H and O–H groups in total. The van der Waals surface area contributed by atoms with Crippen LogP contribution in [0.5, 0.6) is 0 Å². The highest BCUT2D eigenvalue weighted by Gasteiger charge is 2.50. The topological polar surface area (TPSA) is 79.3 Å². The smallest absolute Gasteiger partial charge is 0.309 e. The van der Waals surface area contributed by atoms with Crippen molar-refractivity contribution >= 4 is 38.7 Å². The van der Waals surface area contributed by atoms with E-state index in [0.717, 1.165) is 45.0 Å². The van der Waals surface area contributed by atoms with Gasteiger partial charge in [0, 0.05) is 21.0 Å². The molecule has 170 valence electrons. The zero-order valence-corrected chi connectivity index (χ0v) is 20.2. The minimum absolute atomic E-state index is 0.0973. The summed E-state index contributed by atoms with van der Waals surface area (Å²) in [5.74, 6) is -0.780. The second-order valence-corrected chi connectivity index (χ2v) is 10.6. The van der Waals surface area contributed by atoms with Crippen molar-refractivity contribution in [3.05, 3.63) is 64.1 Å². The number of carbonyl (C=O) groups is 2. The molecule has 0 aliphatic heterocycles. The van der Waals surface area contributed by atoms with Gasteiger partial charge in [0.1, 0.15) is 0 Å². The fourth-order valence-corrected chi connectivity index (χ4v) is 6.15. The largest absolute Gasteiger partial charge is 0.481 e. The maximum Gasteiger partial charge on any atom is 0.309 e. The molecule has 3 aromatic rings. The van der Waals surface area contributed by atoms with Crippen molar-refractivity contribution in [1.82, 2.24) is 10.3 Å². The number of carboxylic acids is 1. The molecule has 3 aliphatic carbocycles. The van der Waals surface area contributed by atoms with Gasteiger partial charge >= 0.3 is 5.97 Å². The maximum absolute atomic E-state index is 13.9. The molecule has 0 unspecified atom stereocenters. The van der Waals surface area contributed by atoms with E-state index in [2.05, 4.69) is 21.2 Å². The number of halogens is 1.